The van der Waals surface area contributed by atoms with E-state index in [-0.39, 0.29) is 17.5 Å². The van der Waals surface area contributed by atoms with Gasteiger partial charge in [0.15, 0.2) is 17.2 Å². The minimum atomic E-state index is -1.01. The highest BCUT2D eigenvalue weighted by Gasteiger charge is 2.26. The Morgan fingerprint density at radius 1 is 1.17 bits per heavy atom. The van der Waals surface area contributed by atoms with Gasteiger partial charge in [0.25, 0.3) is 5.91 Å². The molecule has 9 nitrogen and oxygen atoms in total. The molecule has 2 N–H and O–H groups in total. The number of hydrogen-bond donors (Lipinski definition) is 2. The van der Waals surface area contributed by atoms with Crippen molar-refractivity contribution in [2.45, 2.75) is 39.0 Å². The summed E-state index contributed by atoms with van der Waals surface area (Å²) < 4.78 is 12.3. The lowest BCUT2D eigenvalue weighted by atomic mass is 10.1. The average Bonchev–Trinajstić information content (AvgIpc) is 3.27. The molecule has 1 amide bonds. The predicted octanol–water partition coefficient (Wildman–Crippen LogP) is 4.10. The molecule has 2 aromatic heterocycles. The topological polar surface area (TPSA) is 126 Å². The first-order valence-corrected chi connectivity index (χ1v) is 11.2. The van der Waals surface area contributed by atoms with Gasteiger partial charge in [0.2, 0.25) is 0 Å². The molecular formula is C25H25ClN4O5. The van der Waals surface area contributed by atoms with Gasteiger partial charge in [-0.05, 0) is 26.8 Å². The van der Waals surface area contributed by atoms with E-state index in [1.165, 1.54) is 26.3 Å². The zero-order valence-electron chi connectivity index (χ0n) is 19.7. The first-order valence-electron chi connectivity index (χ1n) is 10.8. The largest absolute Gasteiger partial charge is 0.503 e. The van der Waals surface area contributed by atoms with Gasteiger partial charge in [-0.25, -0.2) is 9.78 Å². The van der Waals surface area contributed by atoms with E-state index >= 15 is 0 Å². The van der Waals surface area contributed by atoms with Crippen LogP contribution in [0.25, 0.3) is 11.1 Å². The molecule has 0 aliphatic heterocycles. The summed E-state index contributed by atoms with van der Waals surface area (Å²) in [6.07, 6.45) is 4.18. The highest BCUT2D eigenvalue weighted by molar-refractivity contribution is 6.33. The van der Waals surface area contributed by atoms with Crippen molar-refractivity contribution in [1.29, 1.82) is 5.26 Å². The third-order valence-corrected chi connectivity index (χ3v) is 5.94. The lowest BCUT2D eigenvalue weighted by Crippen LogP contribution is -2.41. The number of aromatic nitrogens is 2. The van der Waals surface area contributed by atoms with Gasteiger partial charge in [0.05, 0.1) is 18.7 Å². The van der Waals surface area contributed by atoms with Crippen LogP contribution in [0.15, 0.2) is 48.9 Å². The minimum absolute atomic E-state index is 0.0856. The number of rotatable bonds is 8. The van der Waals surface area contributed by atoms with Crippen LogP contribution in [0.3, 0.4) is 0 Å². The number of methoxy groups -OCH3 is 1. The zero-order valence-corrected chi connectivity index (χ0v) is 20.4. The summed E-state index contributed by atoms with van der Waals surface area (Å²) in [6.45, 7) is 5.03. The van der Waals surface area contributed by atoms with E-state index in [9.17, 15) is 20.0 Å². The molecule has 182 valence electrons. The zero-order chi connectivity index (χ0) is 25.7. The van der Waals surface area contributed by atoms with Crippen LogP contribution >= 0.6 is 11.6 Å². The summed E-state index contributed by atoms with van der Waals surface area (Å²) in [6, 6.07) is 9.47. The number of nitrogens with zero attached hydrogens (tertiary/aromatic N) is 3. The van der Waals surface area contributed by atoms with Crippen LogP contribution in [0.5, 0.6) is 11.5 Å². The molecule has 35 heavy (non-hydrogen) atoms. The standard InChI is InChI=1S/C25H25ClN4O5/c1-14(29-24(32)22-23(31)21(34-4)9-10-28-22)25(33)35-16(3)15(2)30-12-17(11-27)19(13-30)18-7-5-6-8-20(18)26/h5-10,12-16,31H,1-4H3,(H,29,32)/t14-,15?,16?/m0/s1. The SMILES string of the molecule is COc1ccnc(C(=O)N[C@@H](C)C(=O)OC(C)C(C)n2cc(C#N)c(-c3ccccc3Cl)c2)c1O. The quantitative estimate of drug-likeness (QED) is 0.449. The number of esters is 1. The second-order valence-electron chi connectivity index (χ2n) is 7.91. The number of hydrogen-bond acceptors (Lipinski definition) is 7. The molecule has 2 unspecified atom stereocenters. The summed E-state index contributed by atoms with van der Waals surface area (Å²) in [5.41, 5.74) is 1.57. The van der Waals surface area contributed by atoms with E-state index in [1.807, 2.05) is 25.1 Å². The molecule has 10 heteroatoms. The fourth-order valence-electron chi connectivity index (χ4n) is 3.41. The molecule has 0 aliphatic carbocycles. The van der Waals surface area contributed by atoms with Crippen LogP contribution in [0, 0.1) is 11.3 Å². The second-order valence-corrected chi connectivity index (χ2v) is 8.32. The van der Waals surface area contributed by atoms with Gasteiger partial charge in [-0.3, -0.25) is 4.79 Å². The highest BCUT2D eigenvalue weighted by Crippen LogP contribution is 2.32. The Labute approximate surface area is 207 Å². The molecule has 0 fully saturated rings. The smallest absolute Gasteiger partial charge is 0.328 e. The highest BCUT2D eigenvalue weighted by atomic mass is 35.5. The van der Waals surface area contributed by atoms with Crippen LogP contribution in [-0.2, 0) is 9.53 Å². The Morgan fingerprint density at radius 3 is 2.54 bits per heavy atom. The van der Waals surface area contributed by atoms with Crippen molar-refractivity contribution in [2.24, 2.45) is 0 Å². The Bertz CT molecular complexity index is 1280. The van der Waals surface area contributed by atoms with Crippen molar-refractivity contribution in [3.8, 4) is 28.7 Å². The van der Waals surface area contributed by atoms with E-state index in [1.54, 1.807) is 30.0 Å². The van der Waals surface area contributed by atoms with Crippen molar-refractivity contribution in [3.05, 3.63) is 65.2 Å². The number of ether oxygens (including phenoxy) is 2. The fraction of sp³-hybridized carbons (Fsp3) is 0.280. The Morgan fingerprint density at radius 2 is 1.89 bits per heavy atom. The van der Waals surface area contributed by atoms with Crippen LogP contribution in [0.4, 0.5) is 0 Å². The molecule has 0 aliphatic rings. The molecule has 0 saturated carbocycles. The number of nitrogens with one attached hydrogen (secondary N) is 1. The third-order valence-electron chi connectivity index (χ3n) is 5.61. The molecule has 0 spiro atoms. The Kier molecular flexibility index (Phi) is 7.99. The maximum absolute atomic E-state index is 12.6. The van der Waals surface area contributed by atoms with Gasteiger partial charge < -0.3 is 24.5 Å². The molecule has 0 bridgehead atoms. The number of nitriles is 1. The molecule has 3 rings (SSSR count). The number of pyridine rings is 1. The van der Waals surface area contributed by atoms with Crippen LogP contribution in [0.2, 0.25) is 5.02 Å². The van der Waals surface area contributed by atoms with Gasteiger partial charge in [-0.2, -0.15) is 5.26 Å². The first-order chi connectivity index (χ1) is 16.7. The van der Waals surface area contributed by atoms with Gasteiger partial charge in [0.1, 0.15) is 18.2 Å². The predicted molar refractivity (Wildman–Crippen MR) is 129 cm³/mol. The van der Waals surface area contributed by atoms with Crippen molar-refractivity contribution in [3.63, 3.8) is 0 Å². The fourth-order valence-corrected chi connectivity index (χ4v) is 3.65. The van der Waals surface area contributed by atoms with Gasteiger partial charge in [-0.1, -0.05) is 29.8 Å². The maximum Gasteiger partial charge on any atom is 0.328 e. The average molecular weight is 497 g/mol. The number of carbonyl (C=O) groups excluding carboxylic acids is 2. The first kappa shape index (κ1) is 25.6. The van der Waals surface area contributed by atoms with Crippen LogP contribution in [0.1, 0.15) is 42.9 Å². The number of aromatic hydroxyl groups is 1. The van der Waals surface area contributed by atoms with Gasteiger partial charge in [-0.15, -0.1) is 0 Å². The van der Waals surface area contributed by atoms with Gasteiger partial charge in [0, 0.05) is 40.8 Å². The Hall–Kier alpha value is -4.03. The molecule has 0 saturated heterocycles. The normalized spacial score (nSPS) is 13.3. The van der Waals surface area contributed by atoms with E-state index in [2.05, 4.69) is 16.4 Å². The lowest BCUT2D eigenvalue weighted by molar-refractivity contribution is -0.152. The van der Waals surface area contributed by atoms with Crippen molar-refractivity contribution < 1.29 is 24.2 Å². The number of halogens is 1. The third kappa shape index (κ3) is 5.55. The number of amides is 1. The van der Waals surface area contributed by atoms with Crippen LogP contribution < -0.4 is 10.1 Å². The Balaban J connectivity index is 1.69. The van der Waals surface area contributed by atoms with Gasteiger partial charge >= 0.3 is 5.97 Å². The molecule has 0 radical (unpaired) electrons. The molecule has 1 aromatic carbocycles. The molecule has 2 heterocycles. The van der Waals surface area contributed by atoms with E-state index in [4.69, 9.17) is 21.1 Å². The maximum atomic E-state index is 12.6. The van der Waals surface area contributed by atoms with E-state index in [0.717, 1.165) is 5.56 Å². The lowest BCUT2D eigenvalue weighted by Gasteiger charge is -2.24. The van der Waals surface area contributed by atoms with Crippen molar-refractivity contribution >= 4 is 23.5 Å². The number of benzene rings is 1. The minimum Gasteiger partial charge on any atom is -0.503 e. The second kappa shape index (κ2) is 10.9. The summed E-state index contributed by atoms with van der Waals surface area (Å²) in [5.74, 6) is -1.76. The molecule has 3 aromatic rings. The summed E-state index contributed by atoms with van der Waals surface area (Å²) >= 11 is 6.31. The molecule has 3 atom stereocenters. The van der Waals surface area contributed by atoms with Crippen LogP contribution in [-0.4, -0.2) is 45.8 Å². The monoisotopic (exact) mass is 496 g/mol. The van der Waals surface area contributed by atoms with Crippen molar-refractivity contribution in [2.75, 3.05) is 7.11 Å². The summed E-state index contributed by atoms with van der Waals surface area (Å²) in [7, 11) is 1.35. The van der Waals surface area contributed by atoms with E-state index in [0.29, 0.717) is 16.1 Å². The van der Waals surface area contributed by atoms with Crippen molar-refractivity contribution in [1.82, 2.24) is 14.9 Å². The summed E-state index contributed by atoms with van der Waals surface area (Å²) in [5, 5.41) is 22.7. The molecular weight excluding hydrogens is 472 g/mol. The van der Waals surface area contributed by atoms with E-state index < -0.39 is 29.8 Å². The number of carbonyl (C=O) groups is 2. The summed E-state index contributed by atoms with van der Waals surface area (Å²) in [4.78, 5) is 29.0.